The number of nitrogens with one attached hydrogen (secondary N) is 1. The smallest absolute Gasteiger partial charge is 0.220 e. The molecule has 1 amide bonds. The molecule has 0 saturated heterocycles. The van der Waals surface area contributed by atoms with Gasteiger partial charge in [-0.05, 0) is 26.2 Å². The van der Waals surface area contributed by atoms with E-state index < -0.39 is 0 Å². The standard InChI is InChI=1S/C10H22N2O/c1-8(2)5-6-9(13)12-7-10(3,4)11/h8H,5-7,11H2,1-4H3,(H,12,13). The average Bonchev–Trinajstić information content (AvgIpc) is 1.95. The van der Waals surface area contributed by atoms with Gasteiger partial charge in [0.05, 0.1) is 0 Å². The summed E-state index contributed by atoms with van der Waals surface area (Å²) in [6.45, 7) is 8.57. The third-order valence-electron chi connectivity index (χ3n) is 1.69. The lowest BCUT2D eigenvalue weighted by atomic mass is 10.1. The highest BCUT2D eigenvalue weighted by molar-refractivity contribution is 5.75. The van der Waals surface area contributed by atoms with Crippen molar-refractivity contribution in [2.45, 2.75) is 46.1 Å². The minimum atomic E-state index is -0.312. The van der Waals surface area contributed by atoms with Crippen LogP contribution in [0.25, 0.3) is 0 Å². The fraction of sp³-hybridized carbons (Fsp3) is 0.900. The van der Waals surface area contributed by atoms with Crippen molar-refractivity contribution in [1.29, 1.82) is 0 Å². The molecule has 78 valence electrons. The minimum Gasteiger partial charge on any atom is -0.354 e. The molecular formula is C10H22N2O. The largest absolute Gasteiger partial charge is 0.354 e. The van der Waals surface area contributed by atoms with Crippen LogP contribution in [0.1, 0.15) is 40.5 Å². The minimum absolute atomic E-state index is 0.104. The van der Waals surface area contributed by atoms with Crippen LogP contribution >= 0.6 is 0 Å². The van der Waals surface area contributed by atoms with Crippen LogP contribution in [-0.2, 0) is 4.79 Å². The number of nitrogens with two attached hydrogens (primary N) is 1. The Labute approximate surface area is 81.1 Å². The molecule has 3 N–H and O–H groups in total. The zero-order valence-corrected chi connectivity index (χ0v) is 9.18. The molecule has 3 nitrogen and oxygen atoms in total. The molecule has 0 aromatic carbocycles. The third-order valence-corrected chi connectivity index (χ3v) is 1.69. The van der Waals surface area contributed by atoms with E-state index in [0.717, 1.165) is 6.42 Å². The van der Waals surface area contributed by atoms with Crippen LogP contribution in [0.2, 0.25) is 0 Å². The van der Waals surface area contributed by atoms with Crippen molar-refractivity contribution < 1.29 is 4.79 Å². The van der Waals surface area contributed by atoms with Crippen LogP contribution in [0.5, 0.6) is 0 Å². The van der Waals surface area contributed by atoms with E-state index in [-0.39, 0.29) is 11.4 Å². The molecule has 0 atom stereocenters. The van der Waals surface area contributed by atoms with Gasteiger partial charge < -0.3 is 11.1 Å². The van der Waals surface area contributed by atoms with Crippen molar-refractivity contribution in [3.05, 3.63) is 0 Å². The molecule has 0 aliphatic heterocycles. The lowest BCUT2D eigenvalue weighted by Gasteiger charge is -2.18. The Bertz CT molecular complexity index is 159. The predicted octanol–water partition coefficient (Wildman–Crippen LogP) is 1.28. The van der Waals surface area contributed by atoms with Gasteiger partial charge in [0.25, 0.3) is 0 Å². The van der Waals surface area contributed by atoms with Gasteiger partial charge in [-0.15, -0.1) is 0 Å². The molecule has 0 heterocycles. The molecule has 13 heavy (non-hydrogen) atoms. The number of amides is 1. The van der Waals surface area contributed by atoms with E-state index in [1.807, 2.05) is 13.8 Å². The predicted molar refractivity (Wildman–Crippen MR) is 55.3 cm³/mol. The summed E-state index contributed by atoms with van der Waals surface area (Å²) in [4.78, 5) is 11.2. The van der Waals surface area contributed by atoms with Gasteiger partial charge >= 0.3 is 0 Å². The topological polar surface area (TPSA) is 55.1 Å². The molecule has 0 aliphatic rings. The highest BCUT2D eigenvalue weighted by atomic mass is 16.1. The highest BCUT2D eigenvalue weighted by Gasteiger charge is 2.11. The normalized spacial score (nSPS) is 11.8. The van der Waals surface area contributed by atoms with Crippen LogP contribution < -0.4 is 11.1 Å². The van der Waals surface area contributed by atoms with Gasteiger partial charge in [0, 0.05) is 18.5 Å². The van der Waals surface area contributed by atoms with Gasteiger partial charge in [0.15, 0.2) is 0 Å². The van der Waals surface area contributed by atoms with Crippen LogP contribution in [0.4, 0.5) is 0 Å². The molecule has 0 rings (SSSR count). The molecule has 0 bridgehead atoms. The first-order valence-corrected chi connectivity index (χ1v) is 4.87. The van der Waals surface area contributed by atoms with E-state index in [1.54, 1.807) is 0 Å². The second kappa shape index (κ2) is 5.22. The van der Waals surface area contributed by atoms with Gasteiger partial charge in [-0.25, -0.2) is 0 Å². The molecule has 3 heteroatoms. The summed E-state index contributed by atoms with van der Waals surface area (Å²) < 4.78 is 0. The Kier molecular flexibility index (Phi) is 4.99. The van der Waals surface area contributed by atoms with E-state index in [0.29, 0.717) is 18.9 Å². The molecule has 0 aliphatic carbocycles. The summed E-state index contributed by atoms with van der Waals surface area (Å²) in [5.41, 5.74) is 5.41. The SMILES string of the molecule is CC(C)CCC(=O)NCC(C)(C)N. The summed E-state index contributed by atoms with van der Waals surface area (Å²) >= 11 is 0. The van der Waals surface area contributed by atoms with Crippen LogP contribution in [0, 0.1) is 5.92 Å². The summed E-state index contributed by atoms with van der Waals surface area (Å²) in [5, 5.41) is 2.81. The summed E-state index contributed by atoms with van der Waals surface area (Å²) in [7, 11) is 0. The molecule has 0 aromatic heterocycles. The Hall–Kier alpha value is -0.570. The molecule has 0 fully saturated rings. The monoisotopic (exact) mass is 186 g/mol. The van der Waals surface area contributed by atoms with Gasteiger partial charge in [0.2, 0.25) is 5.91 Å². The summed E-state index contributed by atoms with van der Waals surface area (Å²) in [6, 6.07) is 0. The average molecular weight is 186 g/mol. The number of hydrogen-bond acceptors (Lipinski definition) is 2. The molecule has 0 spiro atoms. The van der Waals surface area contributed by atoms with Crippen molar-refractivity contribution in [3.8, 4) is 0 Å². The lowest BCUT2D eigenvalue weighted by molar-refractivity contribution is -0.121. The molecule has 0 aromatic rings. The van der Waals surface area contributed by atoms with E-state index in [2.05, 4.69) is 19.2 Å². The maximum atomic E-state index is 11.2. The first-order chi connectivity index (χ1) is 5.81. The first-order valence-electron chi connectivity index (χ1n) is 4.87. The fourth-order valence-electron chi connectivity index (χ4n) is 0.835. The number of carbonyl (C=O) groups is 1. The van der Waals surface area contributed by atoms with E-state index in [9.17, 15) is 4.79 Å². The van der Waals surface area contributed by atoms with E-state index >= 15 is 0 Å². The second-order valence-electron chi connectivity index (χ2n) is 4.70. The molecule has 0 saturated carbocycles. The Balaban J connectivity index is 3.53. The third kappa shape index (κ3) is 9.34. The zero-order chi connectivity index (χ0) is 10.5. The molecule has 0 unspecified atom stereocenters. The van der Waals surface area contributed by atoms with Crippen molar-refractivity contribution >= 4 is 5.91 Å². The van der Waals surface area contributed by atoms with E-state index in [1.165, 1.54) is 0 Å². The van der Waals surface area contributed by atoms with Gasteiger partial charge in [0.1, 0.15) is 0 Å². The van der Waals surface area contributed by atoms with Crippen molar-refractivity contribution in [1.82, 2.24) is 5.32 Å². The first kappa shape index (κ1) is 12.4. The Morgan fingerprint density at radius 2 is 2.00 bits per heavy atom. The summed E-state index contributed by atoms with van der Waals surface area (Å²) in [6.07, 6.45) is 1.55. The molecule has 0 radical (unpaired) electrons. The maximum Gasteiger partial charge on any atom is 0.220 e. The Morgan fingerprint density at radius 1 is 1.46 bits per heavy atom. The van der Waals surface area contributed by atoms with Crippen LogP contribution in [0.15, 0.2) is 0 Å². The summed E-state index contributed by atoms with van der Waals surface area (Å²) in [5.74, 6) is 0.684. The van der Waals surface area contributed by atoms with E-state index in [4.69, 9.17) is 5.73 Å². The van der Waals surface area contributed by atoms with Gasteiger partial charge in [-0.2, -0.15) is 0 Å². The lowest BCUT2D eigenvalue weighted by Crippen LogP contribution is -2.45. The zero-order valence-electron chi connectivity index (χ0n) is 9.18. The molecular weight excluding hydrogens is 164 g/mol. The fourth-order valence-corrected chi connectivity index (χ4v) is 0.835. The Morgan fingerprint density at radius 3 is 2.38 bits per heavy atom. The highest BCUT2D eigenvalue weighted by Crippen LogP contribution is 2.03. The second-order valence-corrected chi connectivity index (χ2v) is 4.70. The number of carbonyl (C=O) groups excluding carboxylic acids is 1. The van der Waals surface area contributed by atoms with Crippen molar-refractivity contribution in [2.75, 3.05) is 6.54 Å². The van der Waals surface area contributed by atoms with Crippen molar-refractivity contribution in [3.63, 3.8) is 0 Å². The number of rotatable bonds is 5. The van der Waals surface area contributed by atoms with Crippen molar-refractivity contribution in [2.24, 2.45) is 11.7 Å². The quantitative estimate of drug-likeness (QED) is 0.679. The van der Waals surface area contributed by atoms with Gasteiger partial charge in [-0.3, -0.25) is 4.79 Å². The number of hydrogen-bond donors (Lipinski definition) is 2. The van der Waals surface area contributed by atoms with Gasteiger partial charge in [-0.1, -0.05) is 13.8 Å². The van der Waals surface area contributed by atoms with Crippen LogP contribution in [-0.4, -0.2) is 18.0 Å². The maximum absolute atomic E-state index is 11.2. The van der Waals surface area contributed by atoms with Crippen LogP contribution in [0.3, 0.4) is 0 Å².